The molecule has 8 atom stereocenters. The lowest BCUT2D eigenvalue weighted by atomic mass is 9.43. The molecular formula is C36H54O2. The van der Waals surface area contributed by atoms with Gasteiger partial charge in [0.05, 0.1) is 0 Å². The highest BCUT2D eigenvalue weighted by Gasteiger charge is 2.66. The predicted molar refractivity (Wildman–Crippen MR) is 157 cm³/mol. The second-order valence-electron chi connectivity index (χ2n) is 16.0. The highest BCUT2D eigenvalue weighted by Crippen LogP contribution is 2.68. The number of ether oxygens (including phenoxy) is 1. The number of hydrogen-bond acceptors (Lipinski definition) is 2. The van der Waals surface area contributed by atoms with Crippen LogP contribution in [0.15, 0.2) is 29.8 Å². The van der Waals surface area contributed by atoms with E-state index in [9.17, 15) is 5.11 Å². The summed E-state index contributed by atoms with van der Waals surface area (Å²) in [5.74, 6) is 4.17. The molecule has 3 saturated carbocycles. The zero-order valence-corrected chi connectivity index (χ0v) is 25.5. The summed E-state index contributed by atoms with van der Waals surface area (Å²) in [5.41, 5.74) is 4.04. The lowest BCUT2D eigenvalue weighted by molar-refractivity contribution is -0.198. The van der Waals surface area contributed by atoms with Gasteiger partial charge in [-0.15, -0.1) is 0 Å². The van der Waals surface area contributed by atoms with Crippen LogP contribution in [-0.2, 0) is 6.42 Å². The fourth-order valence-electron chi connectivity index (χ4n) is 10.8. The van der Waals surface area contributed by atoms with Crippen LogP contribution in [0, 0.1) is 45.3 Å². The quantitative estimate of drug-likeness (QED) is 0.403. The van der Waals surface area contributed by atoms with Gasteiger partial charge in [-0.25, -0.2) is 0 Å². The molecule has 1 aromatic carbocycles. The smallest absolute Gasteiger partial charge is 0.123 e. The van der Waals surface area contributed by atoms with Crippen molar-refractivity contribution in [2.75, 3.05) is 0 Å². The number of allylic oxidation sites excluding steroid dienone is 2. The number of phenolic OH excluding ortho intramolecular Hbond substituents is 1. The fraction of sp³-hybridized carbons (Fsp3) is 0.778. The lowest BCUT2D eigenvalue weighted by Crippen LogP contribution is -2.65. The predicted octanol–water partition coefficient (Wildman–Crippen LogP) is 9.89. The number of rotatable bonds is 3. The summed E-state index contributed by atoms with van der Waals surface area (Å²) < 4.78 is 7.42. The summed E-state index contributed by atoms with van der Waals surface area (Å²) in [7, 11) is 0. The Morgan fingerprint density at radius 3 is 2.47 bits per heavy atom. The largest absolute Gasteiger partial charge is 0.508 e. The van der Waals surface area contributed by atoms with Gasteiger partial charge in [0.15, 0.2) is 0 Å². The molecule has 6 rings (SSSR count). The van der Waals surface area contributed by atoms with Crippen molar-refractivity contribution in [2.24, 2.45) is 45.3 Å². The first-order valence-corrected chi connectivity index (χ1v) is 16.1. The molecule has 1 heterocycles. The molecule has 2 bridgehead atoms. The van der Waals surface area contributed by atoms with Crippen molar-refractivity contribution in [2.45, 2.75) is 131 Å². The molecule has 1 N–H and O–H groups in total. The first-order valence-electron chi connectivity index (χ1n) is 16.1. The molecule has 0 radical (unpaired) electrons. The average Bonchev–Trinajstić information content (AvgIpc) is 2.94. The molecule has 1 aliphatic heterocycles. The van der Waals surface area contributed by atoms with Crippen molar-refractivity contribution in [3.63, 3.8) is 0 Å². The van der Waals surface area contributed by atoms with Crippen LogP contribution in [0.3, 0.4) is 0 Å². The Morgan fingerprint density at radius 1 is 0.895 bits per heavy atom. The van der Waals surface area contributed by atoms with E-state index in [0.717, 1.165) is 24.0 Å². The van der Waals surface area contributed by atoms with E-state index >= 15 is 0 Å². The topological polar surface area (TPSA) is 29.5 Å². The third-order valence-corrected chi connectivity index (χ3v) is 13.9. The third-order valence-electron chi connectivity index (χ3n) is 13.9. The van der Waals surface area contributed by atoms with Crippen LogP contribution in [0.5, 0.6) is 11.5 Å². The van der Waals surface area contributed by atoms with Crippen LogP contribution in [0.1, 0.15) is 125 Å². The van der Waals surface area contributed by atoms with Gasteiger partial charge in [0.1, 0.15) is 17.1 Å². The van der Waals surface area contributed by atoms with Crippen LogP contribution in [0.25, 0.3) is 0 Å². The monoisotopic (exact) mass is 518 g/mol. The standard InChI is InChI=1S/C36H54O2/c1-24-12-14-28-29(10-8-17-32(28,3)4)34(24,6)21-20-33(5)18-9-11-31-35(7)23-26-22-27(37)13-15-30(26)38-36(31,33)19-16-25(35)2/h10,13,15,22,24-25,28,31,37H,8-9,11-12,14,16-21,23H2,1-7H3/t24-,25+,28-,31-,33-,34+,35-,36-/m0/s1. The molecule has 2 heteroatoms. The molecule has 2 nitrogen and oxygen atoms in total. The number of aromatic hydroxyl groups is 1. The summed E-state index contributed by atoms with van der Waals surface area (Å²) in [6.07, 6.45) is 17.9. The van der Waals surface area contributed by atoms with E-state index < -0.39 is 0 Å². The first kappa shape index (κ1) is 26.8. The summed E-state index contributed by atoms with van der Waals surface area (Å²) in [6.45, 7) is 17.9. The fourth-order valence-corrected chi connectivity index (χ4v) is 10.8. The van der Waals surface area contributed by atoms with Gasteiger partial charge >= 0.3 is 0 Å². The van der Waals surface area contributed by atoms with Gasteiger partial charge in [-0.05, 0) is 128 Å². The van der Waals surface area contributed by atoms with Crippen molar-refractivity contribution in [1.82, 2.24) is 0 Å². The van der Waals surface area contributed by atoms with E-state index in [4.69, 9.17) is 4.74 Å². The molecular weight excluding hydrogens is 464 g/mol. The van der Waals surface area contributed by atoms with E-state index in [1.165, 1.54) is 76.2 Å². The second-order valence-corrected chi connectivity index (χ2v) is 16.0. The zero-order chi connectivity index (χ0) is 27.1. The summed E-state index contributed by atoms with van der Waals surface area (Å²) in [4.78, 5) is 0. The minimum atomic E-state index is -0.109. The van der Waals surface area contributed by atoms with E-state index in [-0.39, 0.29) is 16.4 Å². The van der Waals surface area contributed by atoms with Crippen molar-refractivity contribution in [3.8, 4) is 11.5 Å². The Bertz CT molecular complexity index is 1120. The molecule has 3 fully saturated rings. The molecule has 4 aliphatic carbocycles. The van der Waals surface area contributed by atoms with Crippen molar-refractivity contribution in [3.05, 3.63) is 35.4 Å². The van der Waals surface area contributed by atoms with Crippen molar-refractivity contribution in [1.29, 1.82) is 0 Å². The van der Waals surface area contributed by atoms with Crippen LogP contribution >= 0.6 is 0 Å². The van der Waals surface area contributed by atoms with Crippen molar-refractivity contribution < 1.29 is 9.84 Å². The van der Waals surface area contributed by atoms with Gasteiger partial charge in [-0.2, -0.15) is 0 Å². The Hall–Kier alpha value is -1.44. The molecule has 38 heavy (non-hydrogen) atoms. The van der Waals surface area contributed by atoms with Gasteiger partial charge in [-0.3, -0.25) is 0 Å². The SMILES string of the molecule is C[C@@H]1CC[C@]23Oc4ccc(O)cc4C[C@]1(C)[C@@H]2CCC[C@@]3(C)CC[C@@]1(C)C2=CCCC(C)(C)[C@H]2CC[C@@H]1C. The number of benzene rings is 1. The lowest BCUT2D eigenvalue weighted by Gasteiger charge is -2.64. The first-order chi connectivity index (χ1) is 17.8. The van der Waals surface area contributed by atoms with E-state index in [0.29, 0.717) is 28.4 Å². The van der Waals surface area contributed by atoms with E-state index in [2.05, 4.69) is 60.6 Å². The molecule has 0 amide bonds. The highest BCUT2D eigenvalue weighted by molar-refractivity contribution is 5.43. The molecule has 210 valence electrons. The number of hydrogen-bond donors (Lipinski definition) is 1. The maximum Gasteiger partial charge on any atom is 0.123 e. The summed E-state index contributed by atoms with van der Waals surface area (Å²) >= 11 is 0. The Morgan fingerprint density at radius 2 is 1.68 bits per heavy atom. The molecule has 0 aromatic heterocycles. The van der Waals surface area contributed by atoms with E-state index in [1.807, 2.05) is 17.7 Å². The molecule has 0 unspecified atom stereocenters. The van der Waals surface area contributed by atoms with Crippen LogP contribution < -0.4 is 4.74 Å². The van der Waals surface area contributed by atoms with Crippen LogP contribution in [0.4, 0.5) is 0 Å². The maximum absolute atomic E-state index is 10.4. The summed E-state index contributed by atoms with van der Waals surface area (Å²) in [5, 5.41) is 10.4. The van der Waals surface area contributed by atoms with Gasteiger partial charge in [0, 0.05) is 11.3 Å². The molecule has 0 saturated heterocycles. The molecule has 1 aromatic rings. The normalized spacial score (nSPS) is 45.5. The Labute approximate surface area is 233 Å². The minimum absolute atomic E-state index is 0.109. The minimum Gasteiger partial charge on any atom is -0.508 e. The Kier molecular flexibility index (Phi) is 6.18. The third kappa shape index (κ3) is 3.70. The van der Waals surface area contributed by atoms with Crippen LogP contribution in [-0.4, -0.2) is 10.7 Å². The molecule has 5 aliphatic rings. The van der Waals surface area contributed by atoms with Gasteiger partial charge in [-0.1, -0.05) is 66.5 Å². The number of phenols is 1. The highest BCUT2D eigenvalue weighted by atomic mass is 16.5. The maximum atomic E-state index is 10.4. The summed E-state index contributed by atoms with van der Waals surface area (Å²) in [6, 6.07) is 5.91. The van der Waals surface area contributed by atoms with Gasteiger partial charge in [0.2, 0.25) is 0 Å². The zero-order valence-electron chi connectivity index (χ0n) is 25.5. The average molecular weight is 519 g/mol. The van der Waals surface area contributed by atoms with Gasteiger partial charge in [0.25, 0.3) is 0 Å². The molecule has 0 spiro atoms. The Balaban J connectivity index is 1.38. The van der Waals surface area contributed by atoms with Crippen molar-refractivity contribution >= 4 is 0 Å². The number of fused-ring (bicyclic) bond motifs is 2. The van der Waals surface area contributed by atoms with Crippen LogP contribution in [0.2, 0.25) is 0 Å². The second kappa shape index (κ2) is 8.78. The van der Waals surface area contributed by atoms with Gasteiger partial charge < -0.3 is 9.84 Å². The van der Waals surface area contributed by atoms with E-state index in [1.54, 1.807) is 0 Å².